The first kappa shape index (κ1) is 24.6. The minimum atomic E-state index is -0.872. The summed E-state index contributed by atoms with van der Waals surface area (Å²) in [7, 11) is 0. The van der Waals surface area contributed by atoms with E-state index in [0.29, 0.717) is 29.1 Å². The van der Waals surface area contributed by atoms with E-state index in [1.165, 1.54) is 29.8 Å². The van der Waals surface area contributed by atoms with Gasteiger partial charge < -0.3 is 10.1 Å². The van der Waals surface area contributed by atoms with E-state index in [0.717, 1.165) is 5.56 Å². The molecule has 1 saturated heterocycles. The number of amides is 3. The van der Waals surface area contributed by atoms with Gasteiger partial charge in [-0.1, -0.05) is 24.3 Å². The van der Waals surface area contributed by atoms with Crippen LogP contribution in [0.4, 0.5) is 14.9 Å². The Morgan fingerprint density at radius 2 is 2.03 bits per heavy atom. The summed E-state index contributed by atoms with van der Waals surface area (Å²) in [4.78, 5) is 36.8. The number of ether oxygens (including phenoxy) is 1. The second-order valence-corrected chi connectivity index (χ2v) is 9.16. The molecule has 3 amide bonds. The van der Waals surface area contributed by atoms with Crippen molar-refractivity contribution >= 4 is 35.5 Å². The molecule has 0 spiro atoms. The Morgan fingerprint density at radius 1 is 1.26 bits per heavy atom. The van der Waals surface area contributed by atoms with Gasteiger partial charge in [0.05, 0.1) is 24.5 Å². The average molecular weight is 501 g/mol. The van der Waals surface area contributed by atoms with Gasteiger partial charge >= 0.3 is 6.09 Å². The standard InChI is InChI=1S/C23H25FN6O4S/c1-14(31)25-11-18-12-30(22(33)34-18)17-7-8-19(20(24)9-17)16-5-3-15(4-6-16)10-26-27-21(32)23(2)13-35-29-28-23/h3-9,18,26H,10-13H2,1-2H3,(H,25,31)(H,27,32)/t18-,23?/m0/s1. The minimum absolute atomic E-state index is 0.201. The van der Waals surface area contributed by atoms with Crippen LogP contribution in [0.3, 0.4) is 0 Å². The molecular weight excluding hydrogens is 475 g/mol. The smallest absolute Gasteiger partial charge is 0.414 e. The molecule has 0 saturated carbocycles. The van der Waals surface area contributed by atoms with Crippen LogP contribution in [0.5, 0.6) is 0 Å². The van der Waals surface area contributed by atoms with Gasteiger partial charge in [-0.05, 0) is 36.2 Å². The summed E-state index contributed by atoms with van der Waals surface area (Å²) in [6.07, 6.45) is -1.08. The van der Waals surface area contributed by atoms with Crippen molar-refractivity contribution in [1.82, 2.24) is 16.2 Å². The number of cyclic esters (lactones) is 1. The van der Waals surface area contributed by atoms with E-state index < -0.39 is 23.6 Å². The third-order valence-electron chi connectivity index (χ3n) is 5.63. The van der Waals surface area contributed by atoms with Gasteiger partial charge in [0.15, 0.2) is 5.54 Å². The van der Waals surface area contributed by atoms with Crippen molar-refractivity contribution in [1.29, 1.82) is 0 Å². The van der Waals surface area contributed by atoms with Crippen LogP contribution in [0.25, 0.3) is 11.1 Å². The molecule has 184 valence electrons. The molecule has 1 fully saturated rings. The molecule has 1 unspecified atom stereocenters. The monoisotopic (exact) mass is 500 g/mol. The molecule has 2 aliphatic heterocycles. The topological polar surface area (TPSA) is 124 Å². The Morgan fingerprint density at radius 3 is 2.69 bits per heavy atom. The van der Waals surface area contributed by atoms with Crippen molar-refractivity contribution < 1.29 is 23.5 Å². The Kier molecular flexibility index (Phi) is 7.31. The van der Waals surface area contributed by atoms with Gasteiger partial charge in [-0.15, -0.1) is 4.52 Å². The van der Waals surface area contributed by atoms with Gasteiger partial charge in [0.2, 0.25) is 5.91 Å². The molecule has 35 heavy (non-hydrogen) atoms. The summed E-state index contributed by atoms with van der Waals surface area (Å²) in [5.41, 5.74) is 6.99. The van der Waals surface area contributed by atoms with Gasteiger partial charge in [0.1, 0.15) is 11.9 Å². The highest BCUT2D eigenvalue weighted by Crippen LogP contribution is 2.29. The second-order valence-electron chi connectivity index (χ2n) is 8.45. The van der Waals surface area contributed by atoms with Gasteiger partial charge in [-0.25, -0.2) is 14.6 Å². The molecule has 12 heteroatoms. The SMILES string of the molecule is CC(=O)NC[C@H]1CN(c2ccc(-c3ccc(CNNC(=O)C4(C)CSN=N4)cc3)c(F)c2)C(=O)O1. The maximum atomic E-state index is 14.9. The molecule has 0 bridgehead atoms. The van der Waals surface area contributed by atoms with Gasteiger partial charge in [0, 0.05) is 31.0 Å². The molecule has 2 aliphatic rings. The van der Waals surface area contributed by atoms with Crippen molar-refractivity contribution in [3.05, 3.63) is 53.8 Å². The first-order valence-corrected chi connectivity index (χ1v) is 11.9. The van der Waals surface area contributed by atoms with Crippen LogP contribution >= 0.6 is 11.9 Å². The fourth-order valence-electron chi connectivity index (χ4n) is 3.58. The van der Waals surface area contributed by atoms with Crippen molar-refractivity contribution in [3.63, 3.8) is 0 Å². The number of anilines is 1. The summed E-state index contributed by atoms with van der Waals surface area (Å²) in [5, 5.41) is 6.57. The average Bonchev–Trinajstić information content (AvgIpc) is 3.44. The number of benzene rings is 2. The number of halogens is 1. The lowest BCUT2D eigenvalue weighted by Crippen LogP contribution is -2.49. The lowest BCUT2D eigenvalue weighted by Gasteiger charge is -2.17. The number of hydrogen-bond acceptors (Lipinski definition) is 8. The molecule has 2 aromatic carbocycles. The molecule has 2 atom stereocenters. The molecule has 2 aromatic rings. The molecule has 0 aromatic heterocycles. The van der Waals surface area contributed by atoms with E-state index in [1.807, 2.05) is 12.1 Å². The predicted molar refractivity (Wildman–Crippen MR) is 129 cm³/mol. The van der Waals surface area contributed by atoms with E-state index in [1.54, 1.807) is 31.2 Å². The van der Waals surface area contributed by atoms with Crippen molar-refractivity contribution in [2.24, 2.45) is 9.63 Å². The fraction of sp³-hybridized carbons (Fsp3) is 0.348. The zero-order valence-corrected chi connectivity index (χ0v) is 20.0. The second kappa shape index (κ2) is 10.4. The van der Waals surface area contributed by atoms with Crippen LogP contribution in [-0.4, -0.2) is 48.4 Å². The van der Waals surface area contributed by atoms with E-state index in [-0.39, 0.29) is 24.9 Å². The molecule has 0 aliphatic carbocycles. The highest BCUT2D eigenvalue weighted by molar-refractivity contribution is 7.98. The van der Waals surface area contributed by atoms with Crippen LogP contribution in [-0.2, 0) is 20.9 Å². The number of hydrazine groups is 1. The van der Waals surface area contributed by atoms with E-state index in [2.05, 4.69) is 25.8 Å². The van der Waals surface area contributed by atoms with Crippen LogP contribution in [0.2, 0.25) is 0 Å². The van der Waals surface area contributed by atoms with Gasteiger partial charge in [-0.2, -0.15) is 5.11 Å². The van der Waals surface area contributed by atoms with Gasteiger partial charge in [0.25, 0.3) is 5.91 Å². The third kappa shape index (κ3) is 5.77. The predicted octanol–water partition coefficient (Wildman–Crippen LogP) is 2.95. The van der Waals surface area contributed by atoms with E-state index >= 15 is 0 Å². The normalized spacial score (nSPS) is 21.2. The van der Waals surface area contributed by atoms with E-state index in [9.17, 15) is 18.8 Å². The molecule has 3 N–H and O–H groups in total. The van der Waals surface area contributed by atoms with E-state index in [4.69, 9.17) is 4.74 Å². The number of hydrogen-bond donors (Lipinski definition) is 3. The Bertz CT molecular complexity index is 1160. The molecular formula is C23H25FN6O4S. The van der Waals surface area contributed by atoms with Crippen molar-refractivity contribution in [2.45, 2.75) is 32.0 Å². The zero-order chi connectivity index (χ0) is 25.0. The third-order valence-corrected chi connectivity index (χ3v) is 6.52. The lowest BCUT2D eigenvalue weighted by molar-refractivity contribution is -0.126. The van der Waals surface area contributed by atoms with Crippen LogP contribution in [0, 0.1) is 5.82 Å². The molecule has 10 nitrogen and oxygen atoms in total. The number of carbonyl (C=O) groups excluding carboxylic acids is 3. The summed E-state index contributed by atoms with van der Waals surface area (Å²) in [6, 6.07) is 11.8. The summed E-state index contributed by atoms with van der Waals surface area (Å²) >= 11 is 1.25. The number of carbonyl (C=O) groups is 3. The zero-order valence-electron chi connectivity index (χ0n) is 19.2. The quantitative estimate of drug-likeness (QED) is 0.378. The summed E-state index contributed by atoms with van der Waals surface area (Å²) in [6.45, 7) is 3.90. The molecule has 0 radical (unpaired) electrons. The Labute approximate surface area is 205 Å². The Balaban J connectivity index is 1.34. The summed E-state index contributed by atoms with van der Waals surface area (Å²) < 4.78 is 24.0. The van der Waals surface area contributed by atoms with Crippen LogP contribution in [0.15, 0.2) is 52.1 Å². The van der Waals surface area contributed by atoms with Crippen LogP contribution < -0.4 is 21.1 Å². The highest BCUT2D eigenvalue weighted by atomic mass is 32.2. The van der Waals surface area contributed by atoms with Crippen LogP contribution in [0.1, 0.15) is 19.4 Å². The lowest BCUT2D eigenvalue weighted by atomic mass is 10.0. The first-order valence-electron chi connectivity index (χ1n) is 10.9. The summed E-state index contributed by atoms with van der Waals surface area (Å²) in [5.74, 6) is -0.453. The Hall–Kier alpha value is -3.51. The largest absolute Gasteiger partial charge is 0.442 e. The molecule has 4 rings (SSSR count). The van der Waals surface area contributed by atoms with Crippen molar-refractivity contribution in [3.8, 4) is 11.1 Å². The van der Waals surface area contributed by atoms with Crippen molar-refractivity contribution in [2.75, 3.05) is 23.7 Å². The number of nitrogens with zero attached hydrogens (tertiary/aromatic N) is 3. The maximum absolute atomic E-state index is 14.9. The number of rotatable bonds is 8. The number of nitrogens with one attached hydrogen (secondary N) is 3. The highest BCUT2D eigenvalue weighted by Gasteiger charge is 2.37. The first-order chi connectivity index (χ1) is 16.7. The van der Waals surface area contributed by atoms with Gasteiger partial charge in [-0.3, -0.25) is 19.9 Å². The maximum Gasteiger partial charge on any atom is 0.414 e. The fourth-order valence-corrected chi connectivity index (χ4v) is 4.31. The molecule has 2 heterocycles. The minimum Gasteiger partial charge on any atom is -0.442 e.